The second-order valence-electron chi connectivity index (χ2n) is 6.47. The van der Waals surface area contributed by atoms with Crippen molar-refractivity contribution in [2.24, 2.45) is 5.92 Å². The molecule has 4 nitrogen and oxygen atoms in total. The van der Waals surface area contributed by atoms with E-state index < -0.39 is 0 Å². The van der Waals surface area contributed by atoms with E-state index in [4.69, 9.17) is 0 Å². The third-order valence-corrected chi connectivity index (χ3v) is 4.72. The van der Waals surface area contributed by atoms with Gasteiger partial charge in [0.05, 0.1) is 0 Å². The molecule has 0 aromatic heterocycles. The minimum Gasteiger partial charge on any atom is -0.313 e. The van der Waals surface area contributed by atoms with Crippen LogP contribution in [-0.4, -0.2) is 87.2 Å². The number of nitrogens with zero attached hydrogens (tertiary/aromatic N) is 3. The highest BCUT2D eigenvalue weighted by Gasteiger charge is 2.33. The minimum absolute atomic E-state index is 0.876. The first-order valence-electron chi connectivity index (χ1n) is 10.0. The molecule has 0 spiro atoms. The third-order valence-electron chi connectivity index (χ3n) is 4.72. The van der Waals surface area contributed by atoms with Gasteiger partial charge in [0.15, 0.2) is 0 Å². The molecule has 3 rings (SSSR count). The van der Waals surface area contributed by atoms with Gasteiger partial charge in [-0.15, -0.1) is 0 Å². The number of fused-ring (bicyclic) bond motifs is 1. The lowest BCUT2D eigenvalue weighted by Crippen LogP contribution is -2.60. The zero-order valence-corrected chi connectivity index (χ0v) is 17.1. The number of likely N-dealkylation sites (N-methyl/N-ethyl adjacent to an activating group) is 1. The molecular weight excluding hydrogens is 284 g/mol. The summed E-state index contributed by atoms with van der Waals surface area (Å²) in [7, 11) is 4.41. The highest BCUT2D eigenvalue weighted by molar-refractivity contribution is 4.93. The second-order valence-corrected chi connectivity index (χ2v) is 6.47. The summed E-state index contributed by atoms with van der Waals surface area (Å²) < 4.78 is 0. The van der Waals surface area contributed by atoms with Crippen LogP contribution in [0, 0.1) is 5.92 Å². The molecule has 0 aliphatic carbocycles. The fourth-order valence-electron chi connectivity index (χ4n) is 3.22. The molecule has 3 heterocycles. The Kier molecular flexibility index (Phi) is 14.1. The zero-order chi connectivity index (χ0) is 17.7. The lowest BCUT2D eigenvalue weighted by atomic mass is 9.86. The Morgan fingerprint density at radius 1 is 0.870 bits per heavy atom. The SMILES string of the molecule is CC.CC.CCCN1CCN(C)CC1.CN1CCC2NCC2C1. The van der Waals surface area contributed by atoms with E-state index in [-0.39, 0.29) is 0 Å². The third kappa shape index (κ3) is 9.04. The molecule has 0 saturated carbocycles. The molecule has 140 valence electrons. The number of nitrogens with one attached hydrogen (secondary N) is 1. The van der Waals surface area contributed by atoms with Gasteiger partial charge in [0, 0.05) is 45.3 Å². The van der Waals surface area contributed by atoms with Crippen molar-refractivity contribution in [3.8, 4) is 0 Å². The van der Waals surface area contributed by atoms with Gasteiger partial charge in [0.25, 0.3) is 0 Å². The molecule has 3 aliphatic heterocycles. The normalized spacial score (nSPS) is 27.8. The summed E-state index contributed by atoms with van der Waals surface area (Å²) in [6.07, 6.45) is 2.66. The first-order valence-corrected chi connectivity index (χ1v) is 10.0. The molecule has 3 aliphatic rings. The van der Waals surface area contributed by atoms with Gasteiger partial charge in [0.2, 0.25) is 0 Å². The Labute approximate surface area is 146 Å². The molecule has 23 heavy (non-hydrogen) atoms. The monoisotopic (exact) mass is 328 g/mol. The molecule has 3 fully saturated rings. The number of piperazine rings is 1. The first-order chi connectivity index (χ1) is 11.2. The van der Waals surface area contributed by atoms with Crippen LogP contribution < -0.4 is 5.32 Å². The number of piperidine rings is 1. The standard InChI is InChI=1S/C8H18N2.C7H14N2.2C2H6/c1-3-4-10-7-5-9(2)6-8-10;1-9-3-2-7-6(5-9)4-8-7;2*1-2/h3-8H2,1-2H3;6-8H,2-5H2,1H3;2*1-2H3. The predicted octanol–water partition coefficient (Wildman–Crippen LogP) is 2.61. The van der Waals surface area contributed by atoms with Crippen molar-refractivity contribution in [3.63, 3.8) is 0 Å². The maximum absolute atomic E-state index is 3.44. The lowest BCUT2D eigenvalue weighted by molar-refractivity contribution is 0.101. The summed E-state index contributed by atoms with van der Waals surface area (Å²) in [6, 6.07) is 0.876. The van der Waals surface area contributed by atoms with Crippen LogP contribution in [0.4, 0.5) is 0 Å². The second kappa shape index (κ2) is 14.2. The number of hydrogen-bond donors (Lipinski definition) is 1. The van der Waals surface area contributed by atoms with Crippen LogP contribution in [0.3, 0.4) is 0 Å². The first kappa shape index (κ1) is 22.8. The number of rotatable bonds is 2. The van der Waals surface area contributed by atoms with Gasteiger partial charge >= 0.3 is 0 Å². The fraction of sp³-hybridized carbons (Fsp3) is 1.00. The Hall–Kier alpha value is -0.160. The van der Waals surface area contributed by atoms with Gasteiger partial charge in [-0.05, 0) is 45.9 Å². The quantitative estimate of drug-likeness (QED) is 0.841. The van der Waals surface area contributed by atoms with Crippen molar-refractivity contribution in [2.75, 3.05) is 66.5 Å². The topological polar surface area (TPSA) is 21.8 Å². The van der Waals surface area contributed by atoms with E-state index in [2.05, 4.69) is 41.0 Å². The average Bonchev–Trinajstić information content (AvgIpc) is 2.57. The van der Waals surface area contributed by atoms with Crippen molar-refractivity contribution in [3.05, 3.63) is 0 Å². The Balaban J connectivity index is 0.000000347. The van der Waals surface area contributed by atoms with Crippen LogP contribution in [0.2, 0.25) is 0 Å². The molecular formula is C19H44N4. The average molecular weight is 329 g/mol. The molecule has 0 radical (unpaired) electrons. The highest BCUT2D eigenvalue weighted by atomic mass is 15.2. The summed E-state index contributed by atoms with van der Waals surface area (Å²) in [5.41, 5.74) is 0. The summed E-state index contributed by atoms with van der Waals surface area (Å²) in [6.45, 7) is 20.4. The highest BCUT2D eigenvalue weighted by Crippen LogP contribution is 2.21. The predicted molar refractivity (Wildman–Crippen MR) is 104 cm³/mol. The smallest absolute Gasteiger partial charge is 0.0132 e. The van der Waals surface area contributed by atoms with E-state index in [1.54, 1.807) is 0 Å². The summed E-state index contributed by atoms with van der Waals surface area (Å²) in [5, 5.41) is 3.44. The van der Waals surface area contributed by atoms with Crippen molar-refractivity contribution in [2.45, 2.75) is 53.5 Å². The van der Waals surface area contributed by atoms with Crippen LogP contribution in [0.25, 0.3) is 0 Å². The van der Waals surface area contributed by atoms with Crippen molar-refractivity contribution < 1.29 is 0 Å². The summed E-state index contributed by atoms with van der Waals surface area (Å²) in [5.74, 6) is 0.976. The van der Waals surface area contributed by atoms with Gasteiger partial charge in [-0.2, -0.15) is 0 Å². The van der Waals surface area contributed by atoms with Gasteiger partial charge in [-0.25, -0.2) is 0 Å². The Morgan fingerprint density at radius 3 is 1.87 bits per heavy atom. The van der Waals surface area contributed by atoms with Crippen molar-refractivity contribution >= 4 is 0 Å². The largest absolute Gasteiger partial charge is 0.313 e. The lowest BCUT2D eigenvalue weighted by Gasteiger charge is -2.45. The van der Waals surface area contributed by atoms with E-state index in [1.165, 1.54) is 65.2 Å². The van der Waals surface area contributed by atoms with Gasteiger partial charge in [0.1, 0.15) is 0 Å². The van der Waals surface area contributed by atoms with Crippen molar-refractivity contribution in [1.29, 1.82) is 0 Å². The maximum atomic E-state index is 3.44. The Morgan fingerprint density at radius 2 is 1.48 bits per heavy atom. The van der Waals surface area contributed by atoms with Crippen LogP contribution in [0.1, 0.15) is 47.5 Å². The Bertz CT molecular complexity index is 252. The van der Waals surface area contributed by atoms with E-state index in [1.807, 2.05) is 27.7 Å². The molecule has 1 N–H and O–H groups in total. The van der Waals surface area contributed by atoms with E-state index in [0.717, 1.165) is 12.0 Å². The summed E-state index contributed by atoms with van der Waals surface area (Å²) >= 11 is 0. The van der Waals surface area contributed by atoms with Crippen LogP contribution in [-0.2, 0) is 0 Å². The molecule has 3 saturated heterocycles. The summed E-state index contributed by atoms with van der Waals surface area (Å²) in [4.78, 5) is 7.37. The van der Waals surface area contributed by atoms with E-state index in [9.17, 15) is 0 Å². The van der Waals surface area contributed by atoms with Crippen LogP contribution in [0.15, 0.2) is 0 Å². The molecule has 0 aromatic rings. The number of likely N-dealkylation sites (tertiary alicyclic amines) is 1. The van der Waals surface area contributed by atoms with Crippen LogP contribution >= 0.6 is 0 Å². The molecule has 0 bridgehead atoms. The fourth-order valence-corrected chi connectivity index (χ4v) is 3.22. The van der Waals surface area contributed by atoms with Gasteiger partial charge in [-0.3, -0.25) is 0 Å². The van der Waals surface area contributed by atoms with E-state index >= 15 is 0 Å². The van der Waals surface area contributed by atoms with Gasteiger partial charge in [-0.1, -0.05) is 34.6 Å². The number of hydrogen-bond acceptors (Lipinski definition) is 4. The molecule has 4 heteroatoms. The van der Waals surface area contributed by atoms with Crippen molar-refractivity contribution in [1.82, 2.24) is 20.0 Å². The van der Waals surface area contributed by atoms with Gasteiger partial charge < -0.3 is 20.0 Å². The molecule has 2 unspecified atom stereocenters. The van der Waals surface area contributed by atoms with Crippen LogP contribution in [0.5, 0.6) is 0 Å². The van der Waals surface area contributed by atoms with E-state index in [0.29, 0.717) is 0 Å². The zero-order valence-electron chi connectivity index (χ0n) is 17.1. The minimum atomic E-state index is 0.876. The maximum Gasteiger partial charge on any atom is 0.0132 e. The molecule has 0 aromatic carbocycles. The molecule has 2 atom stereocenters. The molecule has 0 amide bonds.